The molecule has 2 aliphatic rings. The molecule has 5 aromatic rings. The first-order valence-corrected chi connectivity index (χ1v) is 12.8. The van der Waals surface area contributed by atoms with Crippen molar-refractivity contribution >= 4 is 22.7 Å². The summed E-state index contributed by atoms with van der Waals surface area (Å²) < 4.78 is 8.13. The fraction of sp³-hybridized carbons (Fsp3) is 0.250. The molecule has 194 valence electrons. The first kappa shape index (κ1) is 23.2. The van der Waals surface area contributed by atoms with Gasteiger partial charge in [0.1, 0.15) is 11.4 Å². The molecule has 1 saturated heterocycles. The van der Waals surface area contributed by atoms with Crippen molar-refractivity contribution < 1.29 is 14.3 Å². The molecule has 1 amide bonds. The topological polar surface area (TPSA) is 132 Å². The SMILES string of the molecule is Cn1ncc2c(C(=O)N3CCC4(CC3)CC(=O)c3cc(-c5nn[nH]n5)ccc3O4)cc(-c3ccccc3)nc21. The second kappa shape index (κ2) is 8.83. The monoisotopic (exact) mass is 520 g/mol. The van der Waals surface area contributed by atoms with Crippen molar-refractivity contribution in [3.05, 3.63) is 71.9 Å². The number of hydrogen-bond donors (Lipinski definition) is 1. The first-order valence-electron chi connectivity index (χ1n) is 12.8. The summed E-state index contributed by atoms with van der Waals surface area (Å²) in [7, 11) is 1.82. The van der Waals surface area contributed by atoms with Crippen LogP contribution in [0.25, 0.3) is 33.7 Å². The van der Waals surface area contributed by atoms with Gasteiger partial charge in [0.25, 0.3) is 5.91 Å². The summed E-state index contributed by atoms with van der Waals surface area (Å²) in [4.78, 5) is 33.6. The highest BCUT2D eigenvalue weighted by molar-refractivity contribution is 6.06. The van der Waals surface area contributed by atoms with Gasteiger partial charge in [0.05, 0.1) is 34.8 Å². The van der Waals surface area contributed by atoms with Gasteiger partial charge in [-0.05, 0) is 29.5 Å². The highest BCUT2D eigenvalue weighted by Gasteiger charge is 2.44. The number of likely N-dealkylation sites (tertiary alicyclic amines) is 1. The van der Waals surface area contributed by atoms with Gasteiger partial charge >= 0.3 is 0 Å². The predicted molar refractivity (Wildman–Crippen MR) is 141 cm³/mol. The number of ketones is 1. The quantitative estimate of drug-likeness (QED) is 0.383. The number of aromatic amines is 1. The Hall–Kier alpha value is -4.93. The third kappa shape index (κ3) is 3.94. The van der Waals surface area contributed by atoms with Crippen LogP contribution in [-0.4, -0.2) is 70.7 Å². The van der Waals surface area contributed by atoms with Gasteiger partial charge in [-0.2, -0.15) is 10.3 Å². The molecule has 2 aromatic carbocycles. The molecule has 0 radical (unpaired) electrons. The molecule has 1 N–H and O–H groups in total. The van der Waals surface area contributed by atoms with Crippen molar-refractivity contribution in [1.82, 2.24) is 40.3 Å². The Labute approximate surface area is 222 Å². The number of rotatable bonds is 3. The minimum Gasteiger partial charge on any atom is -0.486 e. The van der Waals surface area contributed by atoms with E-state index in [2.05, 4.69) is 25.7 Å². The number of Topliss-reactive ketones (excluding diaryl/α,β-unsaturated/α-hetero) is 1. The number of tetrazole rings is 1. The highest BCUT2D eigenvalue weighted by Crippen LogP contribution is 2.41. The Morgan fingerprint density at radius 1 is 1.05 bits per heavy atom. The lowest BCUT2D eigenvalue weighted by atomic mass is 9.82. The Morgan fingerprint density at radius 2 is 1.87 bits per heavy atom. The zero-order valence-corrected chi connectivity index (χ0v) is 21.2. The van der Waals surface area contributed by atoms with E-state index in [-0.39, 0.29) is 18.1 Å². The van der Waals surface area contributed by atoms with Crippen LogP contribution in [0.3, 0.4) is 0 Å². The first-order chi connectivity index (χ1) is 19.0. The van der Waals surface area contributed by atoms with Gasteiger partial charge in [-0.15, -0.1) is 10.2 Å². The summed E-state index contributed by atoms with van der Waals surface area (Å²) >= 11 is 0. The molecule has 1 fully saturated rings. The van der Waals surface area contributed by atoms with Crippen LogP contribution >= 0.6 is 0 Å². The van der Waals surface area contributed by atoms with E-state index in [1.165, 1.54) is 0 Å². The Morgan fingerprint density at radius 3 is 2.64 bits per heavy atom. The van der Waals surface area contributed by atoms with Crippen molar-refractivity contribution in [3.63, 3.8) is 0 Å². The number of carbonyl (C=O) groups is 2. The minimum absolute atomic E-state index is 0.0140. The Bertz CT molecular complexity index is 1720. The summed E-state index contributed by atoms with van der Waals surface area (Å²) in [6, 6.07) is 17.0. The molecular weight excluding hydrogens is 496 g/mol. The summed E-state index contributed by atoms with van der Waals surface area (Å²) in [6.07, 6.45) is 3.07. The van der Waals surface area contributed by atoms with E-state index in [1.807, 2.05) is 54.4 Å². The lowest BCUT2D eigenvalue weighted by Crippen LogP contribution is -2.52. The summed E-state index contributed by atoms with van der Waals surface area (Å²) in [5.41, 5.74) is 3.47. The van der Waals surface area contributed by atoms with Gasteiger partial charge in [-0.3, -0.25) is 14.3 Å². The number of hydrogen-bond acceptors (Lipinski definition) is 8. The smallest absolute Gasteiger partial charge is 0.254 e. The van der Waals surface area contributed by atoms with Gasteiger partial charge < -0.3 is 9.64 Å². The molecule has 0 bridgehead atoms. The normalized spacial score (nSPS) is 16.3. The molecule has 2 aliphatic heterocycles. The molecule has 3 aromatic heterocycles. The van der Waals surface area contributed by atoms with Crippen molar-refractivity contribution in [3.8, 4) is 28.4 Å². The third-order valence-corrected chi connectivity index (χ3v) is 7.66. The van der Waals surface area contributed by atoms with Gasteiger partial charge in [-0.1, -0.05) is 30.3 Å². The summed E-state index contributed by atoms with van der Waals surface area (Å²) in [6.45, 7) is 0.959. The number of H-pyrrole nitrogens is 1. The summed E-state index contributed by atoms with van der Waals surface area (Å²) in [5, 5.41) is 19.1. The standard InChI is InChI=1S/C28H24N8O3/c1-35-26-21(16-29-35)19(14-22(30-26)17-5-3-2-4-6-17)27(38)36-11-9-28(10-12-36)15-23(37)20-13-18(7-8-24(20)39-28)25-31-33-34-32-25/h2-8,13-14,16H,9-12,15H2,1H3,(H,31,32,33,34). The summed E-state index contributed by atoms with van der Waals surface area (Å²) in [5.74, 6) is 0.915. The van der Waals surface area contributed by atoms with Crippen LogP contribution in [0, 0.1) is 0 Å². The van der Waals surface area contributed by atoms with Crippen LogP contribution in [0.2, 0.25) is 0 Å². The number of nitrogens with zero attached hydrogens (tertiary/aromatic N) is 7. The van der Waals surface area contributed by atoms with E-state index in [0.717, 1.165) is 16.6 Å². The molecule has 0 aliphatic carbocycles. The maximum absolute atomic E-state index is 13.8. The van der Waals surface area contributed by atoms with Crippen LogP contribution < -0.4 is 4.74 Å². The number of aromatic nitrogens is 7. The van der Waals surface area contributed by atoms with Crippen molar-refractivity contribution in [2.75, 3.05) is 13.1 Å². The van der Waals surface area contributed by atoms with E-state index in [0.29, 0.717) is 59.8 Å². The molecule has 5 heterocycles. The molecule has 11 nitrogen and oxygen atoms in total. The van der Waals surface area contributed by atoms with Gasteiger partial charge in [0, 0.05) is 44.1 Å². The number of amides is 1. The lowest BCUT2D eigenvalue weighted by molar-refractivity contribution is -0.00564. The number of pyridine rings is 1. The molecule has 0 atom stereocenters. The number of carbonyl (C=O) groups excluding carboxylic acids is 2. The third-order valence-electron chi connectivity index (χ3n) is 7.66. The predicted octanol–water partition coefficient (Wildman–Crippen LogP) is 3.46. The zero-order valence-electron chi connectivity index (χ0n) is 21.2. The average Bonchev–Trinajstić information content (AvgIpc) is 3.64. The fourth-order valence-corrected chi connectivity index (χ4v) is 5.53. The van der Waals surface area contributed by atoms with E-state index in [9.17, 15) is 9.59 Å². The van der Waals surface area contributed by atoms with Gasteiger partial charge in [-0.25, -0.2) is 4.98 Å². The van der Waals surface area contributed by atoms with Crippen LogP contribution in [0.1, 0.15) is 40.0 Å². The second-order valence-corrected chi connectivity index (χ2v) is 10.1. The Balaban J connectivity index is 1.13. The van der Waals surface area contributed by atoms with Crippen molar-refractivity contribution in [1.29, 1.82) is 0 Å². The van der Waals surface area contributed by atoms with Crippen molar-refractivity contribution in [2.24, 2.45) is 7.05 Å². The second-order valence-electron chi connectivity index (χ2n) is 10.1. The Kier molecular flexibility index (Phi) is 5.25. The largest absolute Gasteiger partial charge is 0.486 e. The molecule has 1 spiro atoms. The maximum atomic E-state index is 13.8. The van der Waals surface area contributed by atoms with Crippen molar-refractivity contribution in [2.45, 2.75) is 24.9 Å². The van der Waals surface area contributed by atoms with E-state index in [1.54, 1.807) is 23.0 Å². The van der Waals surface area contributed by atoms with Crippen LogP contribution in [0.4, 0.5) is 0 Å². The van der Waals surface area contributed by atoms with E-state index in [4.69, 9.17) is 9.72 Å². The minimum atomic E-state index is -0.633. The molecule has 0 unspecified atom stereocenters. The van der Waals surface area contributed by atoms with Crippen LogP contribution in [0.5, 0.6) is 5.75 Å². The average molecular weight is 521 g/mol. The van der Waals surface area contributed by atoms with Gasteiger partial charge in [0.15, 0.2) is 11.4 Å². The molecule has 39 heavy (non-hydrogen) atoms. The molecule has 11 heteroatoms. The van der Waals surface area contributed by atoms with Crippen LogP contribution in [0.15, 0.2) is 60.8 Å². The van der Waals surface area contributed by atoms with Crippen LogP contribution in [-0.2, 0) is 7.05 Å². The lowest BCUT2D eigenvalue weighted by Gasteiger charge is -2.44. The molecular formula is C28H24N8O3. The molecule has 7 rings (SSSR count). The number of fused-ring (bicyclic) bond motifs is 2. The highest BCUT2D eigenvalue weighted by atomic mass is 16.5. The number of aryl methyl sites for hydroxylation is 1. The maximum Gasteiger partial charge on any atom is 0.254 e. The van der Waals surface area contributed by atoms with E-state index >= 15 is 0 Å². The fourth-order valence-electron chi connectivity index (χ4n) is 5.53. The molecule has 0 saturated carbocycles. The van der Waals surface area contributed by atoms with E-state index < -0.39 is 5.60 Å². The number of nitrogens with one attached hydrogen (secondary N) is 1. The number of ether oxygens (including phenoxy) is 1. The number of piperidine rings is 1. The zero-order chi connectivity index (χ0) is 26.6. The van der Waals surface area contributed by atoms with Gasteiger partial charge in [0.2, 0.25) is 5.82 Å². The number of benzene rings is 2.